The SMILES string of the molecule is C=CCN(CC=C)C(=O)c1ncccc1N. The molecule has 0 atom stereocenters. The van der Waals surface area contributed by atoms with E-state index in [0.29, 0.717) is 18.8 Å². The summed E-state index contributed by atoms with van der Waals surface area (Å²) in [5.41, 5.74) is 6.34. The molecule has 0 spiro atoms. The second kappa shape index (κ2) is 5.70. The number of hydrogen-bond acceptors (Lipinski definition) is 3. The van der Waals surface area contributed by atoms with Crippen molar-refractivity contribution in [3.8, 4) is 0 Å². The minimum Gasteiger partial charge on any atom is -0.397 e. The second-order valence-corrected chi connectivity index (χ2v) is 3.23. The standard InChI is InChI=1S/C12H15N3O/c1-3-8-15(9-4-2)12(16)11-10(13)6-5-7-14-11/h3-7H,1-2,8-9,13H2. The van der Waals surface area contributed by atoms with Crippen molar-refractivity contribution in [3.63, 3.8) is 0 Å². The highest BCUT2D eigenvalue weighted by Crippen LogP contribution is 2.10. The predicted molar refractivity (Wildman–Crippen MR) is 64.9 cm³/mol. The average molecular weight is 217 g/mol. The molecule has 0 aliphatic heterocycles. The zero-order chi connectivity index (χ0) is 12.0. The molecular weight excluding hydrogens is 202 g/mol. The number of aromatic nitrogens is 1. The van der Waals surface area contributed by atoms with Crippen LogP contribution in [0.3, 0.4) is 0 Å². The maximum atomic E-state index is 12.0. The van der Waals surface area contributed by atoms with E-state index >= 15 is 0 Å². The fourth-order valence-corrected chi connectivity index (χ4v) is 1.30. The van der Waals surface area contributed by atoms with Gasteiger partial charge in [0.2, 0.25) is 0 Å². The molecule has 4 nitrogen and oxygen atoms in total. The highest BCUT2D eigenvalue weighted by Gasteiger charge is 2.16. The number of rotatable bonds is 5. The molecule has 0 saturated carbocycles. The van der Waals surface area contributed by atoms with Crippen molar-refractivity contribution in [1.82, 2.24) is 9.88 Å². The first-order valence-corrected chi connectivity index (χ1v) is 4.92. The van der Waals surface area contributed by atoms with Crippen LogP contribution in [-0.2, 0) is 0 Å². The molecule has 0 fully saturated rings. The summed E-state index contributed by atoms with van der Waals surface area (Å²) in [6.07, 6.45) is 4.85. The lowest BCUT2D eigenvalue weighted by atomic mass is 10.2. The Morgan fingerprint density at radius 1 is 1.44 bits per heavy atom. The van der Waals surface area contributed by atoms with Gasteiger partial charge in [0, 0.05) is 19.3 Å². The van der Waals surface area contributed by atoms with Crippen LogP contribution in [0.25, 0.3) is 0 Å². The molecule has 4 heteroatoms. The van der Waals surface area contributed by atoms with Crippen LogP contribution in [0.5, 0.6) is 0 Å². The molecule has 0 aromatic carbocycles. The van der Waals surface area contributed by atoms with E-state index in [1.807, 2.05) is 0 Å². The minimum absolute atomic E-state index is 0.210. The fraction of sp³-hybridized carbons (Fsp3) is 0.167. The number of nitrogens with two attached hydrogens (primary N) is 1. The smallest absolute Gasteiger partial charge is 0.275 e. The highest BCUT2D eigenvalue weighted by molar-refractivity contribution is 5.97. The fourth-order valence-electron chi connectivity index (χ4n) is 1.30. The van der Waals surface area contributed by atoms with Crippen molar-refractivity contribution in [2.24, 2.45) is 0 Å². The summed E-state index contributed by atoms with van der Waals surface area (Å²) in [4.78, 5) is 17.6. The molecular formula is C12H15N3O. The molecule has 0 unspecified atom stereocenters. The average Bonchev–Trinajstić information content (AvgIpc) is 2.28. The summed E-state index contributed by atoms with van der Waals surface area (Å²) < 4.78 is 0. The van der Waals surface area contributed by atoms with Gasteiger partial charge in [0.15, 0.2) is 5.69 Å². The Morgan fingerprint density at radius 3 is 2.56 bits per heavy atom. The van der Waals surface area contributed by atoms with Gasteiger partial charge in [-0.1, -0.05) is 12.2 Å². The summed E-state index contributed by atoms with van der Waals surface area (Å²) in [7, 11) is 0. The maximum absolute atomic E-state index is 12.0. The number of nitrogen functional groups attached to an aromatic ring is 1. The van der Waals surface area contributed by atoms with Gasteiger partial charge in [0.25, 0.3) is 5.91 Å². The normalized spacial score (nSPS) is 9.50. The minimum atomic E-state index is -0.210. The van der Waals surface area contributed by atoms with Crippen molar-refractivity contribution < 1.29 is 4.79 Å². The van der Waals surface area contributed by atoms with E-state index in [9.17, 15) is 4.79 Å². The highest BCUT2D eigenvalue weighted by atomic mass is 16.2. The van der Waals surface area contributed by atoms with Crippen molar-refractivity contribution in [1.29, 1.82) is 0 Å². The van der Waals surface area contributed by atoms with E-state index in [2.05, 4.69) is 18.1 Å². The number of amides is 1. The van der Waals surface area contributed by atoms with E-state index in [1.165, 1.54) is 0 Å². The first-order chi connectivity index (χ1) is 7.70. The molecule has 1 rings (SSSR count). The molecule has 1 aromatic heterocycles. The third-order valence-corrected chi connectivity index (χ3v) is 2.03. The molecule has 1 heterocycles. The lowest BCUT2D eigenvalue weighted by Crippen LogP contribution is -2.32. The van der Waals surface area contributed by atoms with E-state index in [-0.39, 0.29) is 11.6 Å². The zero-order valence-electron chi connectivity index (χ0n) is 9.10. The molecule has 2 N–H and O–H groups in total. The van der Waals surface area contributed by atoms with E-state index in [0.717, 1.165) is 0 Å². The van der Waals surface area contributed by atoms with Crippen LogP contribution in [0.15, 0.2) is 43.6 Å². The lowest BCUT2D eigenvalue weighted by Gasteiger charge is -2.19. The Morgan fingerprint density at radius 2 is 2.06 bits per heavy atom. The third-order valence-electron chi connectivity index (χ3n) is 2.03. The van der Waals surface area contributed by atoms with Gasteiger partial charge in [-0.25, -0.2) is 4.98 Å². The first kappa shape index (κ1) is 12.0. The summed E-state index contributed by atoms with van der Waals surface area (Å²) in [5, 5.41) is 0. The largest absolute Gasteiger partial charge is 0.397 e. The van der Waals surface area contributed by atoms with Crippen LogP contribution in [0, 0.1) is 0 Å². The second-order valence-electron chi connectivity index (χ2n) is 3.23. The first-order valence-electron chi connectivity index (χ1n) is 4.92. The molecule has 0 aliphatic carbocycles. The molecule has 0 bridgehead atoms. The third kappa shape index (κ3) is 2.70. The Kier molecular flexibility index (Phi) is 4.27. The summed E-state index contributed by atoms with van der Waals surface area (Å²) in [6, 6.07) is 3.34. The van der Waals surface area contributed by atoms with Crippen molar-refractivity contribution in [3.05, 3.63) is 49.3 Å². The Bertz CT molecular complexity index is 391. The van der Waals surface area contributed by atoms with E-state index < -0.39 is 0 Å². The van der Waals surface area contributed by atoms with Gasteiger partial charge in [-0.3, -0.25) is 4.79 Å². The topological polar surface area (TPSA) is 59.2 Å². The van der Waals surface area contributed by atoms with Gasteiger partial charge in [0.1, 0.15) is 0 Å². The van der Waals surface area contributed by atoms with Gasteiger partial charge in [0.05, 0.1) is 5.69 Å². The van der Waals surface area contributed by atoms with Gasteiger partial charge in [-0.05, 0) is 12.1 Å². The van der Waals surface area contributed by atoms with Gasteiger partial charge in [-0.2, -0.15) is 0 Å². The Labute approximate surface area is 95.1 Å². The number of hydrogen-bond donors (Lipinski definition) is 1. The quantitative estimate of drug-likeness (QED) is 0.760. The van der Waals surface area contributed by atoms with Crippen LogP contribution >= 0.6 is 0 Å². The van der Waals surface area contributed by atoms with E-state index in [4.69, 9.17) is 5.73 Å². The zero-order valence-corrected chi connectivity index (χ0v) is 9.10. The maximum Gasteiger partial charge on any atom is 0.275 e. The van der Waals surface area contributed by atoms with Gasteiger partial charge in [-0.15, -0.1) is 13.2 Å². The summed E-state index contributed by atoms with van der Waals surface area (Å²) >= 11 is 0. The number of carbonyl (C=O) groups is 1. The molecule has 0 aliphatic rings. The van der Waals surface area contributed by atoms with Gasteiger partial charge >= 0.3 is 0 Å². The van der Waals surface area contributed by atoms with Crippen LogP contribution in [0.1, 0.15) is 10.5 Å². The van der Waals surface area contributed by atoms with Gasteiger partial charge < -0.3 is 10.6 Å². The Hall–Kier alpha value is -2.10. The monoisotopic (exact) mass is 217 g/mol. The van der Waals surface area contributed by atoms with Crippen molar-refractivity contribution in [2.45, 2.75) is 0 Å². The number of carbonyl (C=O) groups excluding carboxylic acids is 1. The Balaban J connectivity index is 2.94. The molecule has 84 valence electrons. The lowest BCUT2D eigenvalue weighted by molar-refractivity contribution is 0.0786. The summed E-state index contributed by atoms with van der Waals surface area (Å²) in [5.74, 6) is -0.210. The number of pyridine rings is 1. The van der Waals surface area contributed by atoms with Crippen molar-refractivity contribution in [2.75, 3.05) is 18.8 Å². The van der Waals surface area contributed by atoms with Crippen molar-refractivity contribution >= 4 is 11.6 Å². The predicted octanol–water partition coefficient (Wildman–Crippen LogP) is 1.48. The number of nitrogens with zero attached hydrogens (tertiary/aromatic N) is 2. The summed E-state index contributed by atoms with van der Waals surface area (Å²) in [6.45, 7) is 8.09. The number of anilines is 1. The van der Waals surface area contributed by atoms with Crippen LogP contribution in [0.4, 0.5) is 5.69 Å². The van der Waals surface area contributed by atoms with E-state index in [1.54, 1.807) is 35.4 Å². The molecule has 1 amide bonds. The van der Waals surface area contributed by atoms with Crippen LogP contribution in [0.2, 0.25) is 0 Å². The van der Waals surface area contributed by atoms with Crippen LogP contribution in [-0.4, -0.2) is 28.9 Å². The molecule has 1 aromatic rings. The molecule has 16 heavy (non-hydrogen) atoms. The molecule has 0 saturated heterocycles. The van der Waals surface area contributed by atoms with Crippen LogP contribution < -0.4 is 5.73 Å². The molecule has 0 radical (unpaired) electrons.